The number of aromatic nitrogens is 1. The van der Waals surface area contributed by atoms with Crippen LogP contribution < -0.4 is 0 Å². The summed E-state index contributed by atoms with van der Waals surface area (Å²) in [6.07, 6.45) is 6.19. The Labute approximate surface area is 225 Å². The summed E-state index contributed by atoms with van der Waals surface area (Å²) in [4.78, 5) is 37.1. The zero-order valence-electron chi connectivity index (χ0n) is 22.1. The van der Waals surface area contributed by atoms with Crippen molar-refractivity contribution >= 4 is 11.7 Å². The summed E-state index contributed by atoms with van der Waals surface area (Å²) >= 11 is 0. The average molecular weight is 516 g/mol. The van der Waals surface area contributed by atoms with Gasteiger partial charge in [-0.3, -0.25) is 24.4 Å². The van der Waals surface area contributed by atoms with Crippen LogP contribution in [0.3, 0.4) is 0 Å². The minimum Gasteiger partial charge on any atom is -0.381 e. The Bertz CT molecular complexity index is 1120. The number of piperidine rings is 1. The van der Waals surface area contributed by atoms with Gasteiger partial charge in [0.15, 0.2) is 5.78 Å². The number of Topliss-reactive ketones (excluding diaryl/α,β-unsaturated/α-hetero) is 1. The van der Waals surface area contributed by atoms with Gasteiger partial charge in [0.05, 0.1) is 17.2 Å². The monoisotopic (exact) mass is 515 g/mol. The lowest BCUT2D eigenvalue weighted by atomic mass is 9.90. The Morgan fingerprint density at radius 2 is 1.63 bits per heavy atom. The Hall–Kier alpha value is -3.12. The minimum absolute atomic E-state index is 0.00207. The molecular formula is C30H37N5O3. The number of hydrogen-bond donors (Lipinski definition) is 0. The van der Waals surface area contributed by atoms with Crippen molar-refractivity contribution in [3.05, 3.63) is 65.0 Å². The van der Waals surface area contributed by atoms with E-state index in [-0.39, 0.29) is 11.7 Å². The first-order valence-electron chi connectivity index (χ1n) is 13.9. The minimum atomic E-state index is -0.00207. The highest BCUT2D eigenvalue weighted by molar-refractivity contribution is 5.97. The van der Waals surface area contributed by atoms with Crippen molar-refractivity contribution in [2.45, 2.75) is 44.7 Å². The van der Waals surface area contributed by atoms with E-state index in [1.165, 1.54) is 5.56 Å². The Morgan fingerprint density at radius 3 is 2.26 bits per heavy atom. The molecule has 0 N–H and O–H groups in total. The first-order valence-corrected chi connectivity index (χ1v) is 13.9. The highest BCUT2D eigenvalue weighted by atomic mass is 16.5. The van der Waals surface area contributed by atoms with Gasteiger partial charge in [-0.25, -0.2) is 0 Å². The Morgan fingerprint density at radius 1 is 0.921 bits per heavy atom. The topological polar surface area (TPSA) is 89.8 Å². The lowest BCUT2D eigenvalue weighted by Gasteiger charge is -2.40. The smallest absolute Gasteiger partial charge is 0.255 e. The molecule has 38 heavy (non-hydrogen) atoms. The molecule has 3 saturated heterocycles. The summed E-state index contributed by atoms with van der Waals surface area (Å²) in [5.41, 5.74) is 2.89. The predicted molar refractivity (Wildman–Crippen MR) is 144 cm³/mol. The molecule has 0 aliphatic carbocycles. The van der Waals surface area contributed by atoms with E-state index in [1.807, 2.05) is 29.2 Å². The van der Waals surface area contributed by atoms with Crippen LogP contribution in [0.4, 0.5) is 0 Å². The van der Waals surface area contributed by atoms with Crippen molar-refractivity contribution < 1.29 is 14.3 Å². The zero-order chi connectivity index (χ0) is 26.3. The van der Waals surface area contributed by atoms with Gasteiger partial charge in [0.25, 0.3) is 5.91 Å². The quantitative estimate of drug-likeness (QED) is 0.522. The number of nitrogens with zero attached hydrogens (tertiary/aromatic N) is 5. The van der Waals surface area contributed by atoms with E-state index in [2.05, 4.69) is 20.9 Å². The average Bonchev–Trinajstić information content (AvgIpc) is 2.99. The first-order chi connectivity index (χ1) is 18.6. The van der Waals surface area contributed by atoms with Crippen LogP contribution in [0, 0.1) is 17.2 Å². The second-order valence-electron chi connectivity index (χ2n) is 10.8. The molecular weight excluding hydrogens is 478 g/mol. The molecule has 0 radical (unpaired) electrons. The van der Waals surface area contributed by atoms with Gasteiger partial charge in [-0.1, -0.05) is 12.1 Å². The maximum absolute atomic E-state index is 13.0. The summed E-state index contributed by atoms with van der Waals surface area (Å²) in [7, 11) is 0. The fourth-order valence-corrected chi connectivity index (χ4v) is 5.87. The molecule has 2 aromatic rings. The molecule has 8 nitrogen and oxygen atoms in total. The van der Waals surface area contributed by atoms with Gasteiger partial charge in [0, 0.05) is 64.6 Å². The third-order valence-corrected chi connectivity index (χ3v) is 8.28. The molecule has 3 aliphatic rings. The van der Waals surface area contributed by atoms with E-state index in [1.54, 1.807) is 18.3 Å². The number of carbonyl (C=O) groups excluding carboxylic acids is 2. The summed E-state index contributed by atoms with van der Waals surface area (Å²) in [5.74, 6) is 0.409. The van der Waals surface area contributed by atoms with Crippen molar-refractivity contribution in [3.63, 3.8) is 0 Å². The SMILES string of the molecule is N#Cc1ccc(CN2CCC(CC(=O)c3ccc(C(=O)N4CCN(C5CCOCC5)CC4)cn3)CC2)cc1. The van der Waals surface area contributed by atoms with Crippen LogP contribution in [0.5, 0.6) is 0 Å². The molecule has 0 atom stereocenters. The maximum atomic E-state index is 13.0. The second kappa shape index (κ2) is 12.6. The summed E-state index contributed by atoms with van der Waals surface area (Å²) in [6.45, 7) is 7.69. The van der Waals surface area contributed by atoms with E-state index >= 15 is 0 Å². The Balaban J connectivity index is 1.06. The van der Waals surface area contributed by atoms with E-state index in [9.17, 15) is 9.59 Å². The zero-order valence-corrected chi connectivity index (χ0v) is 22.1. The number of amides is 1. The number of rotatable bonds is 7. The number of benzene rings is 1. The number of likely N-dealkylation sites (tertiary alicyclic amines) is 1. The second-order valence-corrected chi connectivity index (χ2v) is 10.8. The fraction of sp³-hybridized carbons (Fsp3) is 0.533. The number of carbonyl (C=O) groups is 2. The molecule has 0 spiro atoms. The highest BCUT2D eigenvalue weighted by Gasteiger charge is 2.28. The van der Waals surface area contributed by atoms with Crippen LogP contribution in [-0.4, -0.2) is 89.9 Å². The first kappa shape index (κ1) is 26.5. The number of pyridine rings is 1. The maximum Gasteiger partial charge on any atom is 0.255 e. The molecule has 0 unspecified atom stereocenters. The van der Waals surface area contributed by atoms with E-state index in [4.69, 9.17) is 10.00 Å². The van der Waals surface area contributed by atoms with Gasteiger partial charge >= 0.3 is 0 Å². The molecule has 5 rings (SSSR count). The summed E-state index contributed by atoms with van der Waals surface area (Å²) in [6, 6.07) is 14.0. The normalized spacial score (nSPS) is 20.2. The van der Waals surface area contributed by atoms with E-state index in [0.717, 1.165) is 84.7 Å². The molecule has 4 heterocycles. The number of hydrogen-bond acceptors (Lipinski definition) is 7. The highest BCUT2D eigenvalue weighted by Crippen LogP contribution is 2.24. The summed E-state index contributed by atoms with van der Waals surface area (Å²) in [5, 5.41) is 8.96. The van der Waals surface area contributed by atoms with Gasteiger partial charge in [0.2, 0.25) is 0 Å². The molecule has 3 fully saturated rings. The lowest BCUT2D eigenvalue weighted by molar-refractivity contribution is 0.0137. The lowest BCUT2D eigenvalue weighted by Crippen LogP contribution is -2.53. The van der Waals surface area contributed by atoms with Crippen LogP contribution >= 0.6 is 0 Å². The van der Waals surface area contributed by atoms with Crippen molar-refractivity contribution in [1.82, 2.24) is 19.7 Å². The van der Waals surface area contributed by atoms with E-state index < -0.39 is 0 Å². The predicted octanol–water partition coefficient (Wildman–Crippen LogP) is 3.38. The van der Waals surface area contributed by atoms with Gasteiger partial charge < -0.3 is 9.64 Å². The molecule has 0 bridgehead atoms. The largest absolute Gasteiger partial charge is 0.381 e. The van der Waals surface area contributed by atoms with Crippen LogP contribution in [0.25, 0.3) is 0 Å². The number of ether oxygens (including phenoxy) is 1. The standard InChI is InChI=1S/C30H37N5O3/c31-20-24-1-3-25(4-2-24)22-33-11-7-23(8-12-33)19-29(36)28-6-5-26(21-32-28)30(37)35-15-13-34(14-16-35)27-9-17-38-18-10-27/h1-6,21,23,27H,7-19,22H2. The van der Waals surface area contributed by atoms with Gasteiger partial charge in [-0.05, 0) is 74.5 Å². The molecule has 1 aromatic heterocycles. The van der Waals surface area contributed by atoms with Crippen molar-refractivity contribution in [3.8, 4) is 6.07 Å². The third kappa shape index (κ3) is 6.65. The van der Waals surface area contributed by atoms with Gasteiger partial charge in [0.1, 0.15) is 5.69 Å². The molecule has 1 amide bonds. The number of nitriles is 1. The van der Waals surface area contributed by atoms with Crippen molar-refractivity contribution in [2.75, 3.05) is 52.5 Å². The fourth-order valence-electron chi connectivity index (χ4n) is 5.87. The van der Waals surface area contributed by atoms with Crippen molar-refractivity contribution in [1.29, 1.82) is 5.26 Å². The third-order valence-electron chi connectivity index (χ3n) is 8.28. The Kier molecular flexibility index (Phi) is 8.79. The molecule has 3 aliphatic heterocycles. The number of piperazine rings is 1. The molecule has 200 valence electrons. The van der Waals surface area contributed by atoms with Gasteiger partial charge in [-0.15, -0.1) is 0 Å². The summed E-state index contributed by atoms with van der Waals surface area (Å²) < 4.78 is 5.48. The van der Waals surface area contributed by atoms with Crippen molar-refractivity contribution in [2.24, 2.45) is 5.92 Å². The van der Waals surface area contributed by atoms with Crippen LogP contribution in [-0.2, 0) is 11.3 Å². The number of ketones is 1. The molecule has 1 aromatic carbocycles. The molecule has 0 saturated carbocycles. The van der Waals surface area contributed by atoms with Crippen LogP contribution in [0.2, 0.25) is 0 Å². The van der Waals surface area contributed by atoms with E-state index in [0.29, 0.717) is 35.2 Å². The van der Waals surface area contributed by atoms with Crippen LogP contribution in [0.1, 0.15) is 64.1 Å². The van der Waals surface area contributed by atoms with Gasteiger partial charge in [-0.2, -0.15) is 5.26 Å². The molecule has 8 heteroatoms. The van der Waals surface area contributed by atoms with Crippen LogP contribution in [0.15, 0.2) is 42.6 Å².